The standard InChI is InChI=1S/C21H25ClN4O2/c1-15-21(23-19-5-3-4-8-26(15)19)17-13-16(6-7-18(17)22)24-9-11-25(12-10-24)20(27)14-28-2/h3-8,13,20,27H,9-12,14H2,1-2H3. The molecule has 1 fully saturated rings. The minimum atomic E-state index is -0.548. The Hall–Kier alpha value is -2.12. The van der Waals surface area contributed by atoms with Crippen molar-refractivity contribution in [1.29, 1.82) is 0 Å². The highest BCUT2D eigenvalue weighted by Crippen LogP contribution is 2.34. The molecule has 1 atom stereocenters. The summed E-state index contributed by atoms with van der Waals surface area (Å²) < 4.78 is 7.13. The molecule has 7 heteroatoms. The fraction of sp³-hybridized carbons (Fsp3) is 0.381. The summed E-state index contributed by atoms with van der Waals surface area (Å²) in [6, 6.07) is 12.1. The van der Waals surface area contributed by atoms with E-state index in [-0.39, 0.29) is 0 Å². The van der Waals surface area contributed by atoms with E-state index >= 15 is 0 Å². The van der Waals surface area contributed by atoms with Crippen molar-refractivity contribution < 1.29 is 9.84 Å². The molecule has 0 aliphatic carbocycles. The van der Waals surface area contributed by atoms with E-state index in [1.54, 1.807) is 7.11 Å². The van der Waals surface area contributed by atoms with Gasteiger partial charge in [-0.2, -0.15) is 0 Å². The number of halogens is 1. The first kappa shape index (κ1) is 19.2. The number of aryl methyl sites for hydroxylation is 1. The molecule has 1 saturated heterocycles. The molecule has 6 nitrogen and oxygen atoms in total. The van der Waals surface area contributed by atoms with E-state index in [1.807, 2.05) is 35.4 Å². The predicted octanol–water partition coefficient (Wildman–Crippen LogP) is 3.05. The zero-order valence-electron chi connectivity index (χ0n) is 16.2. The van der Waals surface area contributed by atoms with Crippen LogP contribution >= 0.6 is 11.6 Å². The summed E-state index contributed by atoms with van der Waals surface area (Å²) in [4.78, 5) is 9.16. The van der Waals surface area contributed by atoms with E-state index in [2.05, 4.69) is 28.4 Å². The van der Waals surface area contributed by atoms with Crippen molar-refractivity contribution in [3.63, 3.8) is 0 Å². The maximum atomic E-state index is 10.1. The zero-order valence-corrected chi connectivity index (χ0v) is 16.9. The molecule has 0 saturated carbocycles. The Morgan fingerprint density at radius 3 is 2.68 bits per heavy atom. The van der Waals surface area contributed by atoms with Gasteiger partial charge in [0.05, 0.1) is 17.3 Å². The second-order valence-corrected chi connectivity index (χ2v) is 7.50. The number of imidazole rings is 1. The van der Waals surface area contributed by atoms with Crippen LogP contribution in [0.1, 0.15) is 5.69 Å². The van der Waals surface area contributed by atoms with Crippen molar-refractivity contribution >= 4 is 22.9 Å². The summed E-state index contributed by atoms with van der Waals surface area (Å²) in [5.41, 5.74) is 4.96. The highest BCUT2D eigenvalue weighted by molar-refractivity contribution is 6.33. The number of ether oxygens (including phenoxy) is 1. The predicted molar refractivity (Wildman–Crippen MR) is 112 cm³/mol. The summed E-state index contributed by atoms with van der Waals surface area (Å²) in [5, 5.41) is 10.8. The summed E-state index contributed by atoms with van der Waals surface area (Å²) in [6.45, 7) is 5.65. The molecule has 1 aromatic carbocycles. The van der Waals surface area contributed by atoms with Crippen LogP contribution in [-0.4, -0.2) is 65.5 Å². The molecular formula is C21H25ClN4O2. The number of hydrogen-bond acceptors (Lipinski definition) is 5. The number of aliphatic hydroxyl groups is 1. The van der Waals surface area contributed by atoms with Crippen LogP contribution in [0.5, 0.6) is 0 Å². The first-order valence-corrected chi connectivity index (χ1v) is 9.86. The van der Waals surface area contributed by atoms with Crippen molar-refractivity contribution in [3.8, 4) is 11.3 Å². The number of rotatable bonds is 5. The van der Waals surface area contributed by atoms with Gasteiger partial charge in [0.1, 0.15) is 11.9 Å². The maximum absolute atomic E-state index is 10.1. The monoisotopic (exact) mass is 400 g/mol. The van der Waals surface area contributed by atoms with Gasteiger partial charge in [0.25, 0.3) is 0 Å². The lowest BCUT2D eigenvalue weighted by atomic mass is 10.1. The Morgan fingerprint density at radius 1 is 1.18 bits per heavy atom. The van der Waals surface area contributed by atoms with Crippen molar-refractivity contribution in [3.05, 3.63) is 53.3 Å². The van der Waals surface area contributed by atoms with Gasteiger partial charge in [0.15, 0.2) is 0 Å². The number of aliphatic hydroxyl groups excluding tert-OH is 1. The average molecular weight is 401 g/mol. The average Bonchev–Trinajstić information content (AvgIpc) is 3.05. The third-order valence-electron chi connectivity index (χ3n) is 5.39. The second-order valence-electron chi connectivity index (χ2n) is 7.10. The Labute approximate surface area is 169 Å². The third kappa shape index (κ3) is 3.61. The molecule has 1 unspecified atom stereocenters. The smallest absolute Gasteiger partial charge is 0.137 e. The summed E-state index contributed by atoms with van der Waals surface area (Å²) in [6.07, 6.45) is 1.47. The highest BCUT2D eigenvalue weighted by atomic mass is 35.5. The quantitative estimate of drug-likeness (QED) is 0.713. The highest BCUT2D eigenvalue weighted by Gasteiger charge is 2.23. The van der Waals surface area contributed by atoms with Crippen molar-refractivity contribution in [2.75, 3.05) is 44.8 Å². The van der Waals surface area contributed by atoms with Crippen molar-refractivity contribution in [1.82, 2.24) is 14.3 Å². The fourth-order valence-electron chi connectivity index (χ4n) is 3.80. The normalized spacial score (nSPS) is 16.6. The molecule has 3 heterocycles. The Kier molecular flexibility index (Phi) is 5.55. The van der Waals surface area contributed by atoms with E-state index in [0.717, 1.165) is 54.5 Å². The second kappa shape index (κ2) is 8.09. The first-order chi connectivity index (χ1) is 13.6. The van der Waals surface area contributed by atoms with Gasteiger partial charge in [0.2, 0.25) is 0 Å². The van der Waals surface area contributed by atoms with E-state index in [0.29, 0.717) is 11.6 Å². The SMILES string of the molecule is COCC(O)N1CCN(c2ccc(Cl)c(-c3nc4ccccn4c3C)c2)CC1. The molecule has 0 spiro atoms. The van der Waals surface area contributed by atoms with Crippen LogP contribution in [0.3, 0.4) is 0 Å². The van der Waals surface area contributed by atoms with Crippen LogP contribution in [0.15, 0.2) is 42.6 Å². The number of aromatic nitrogens is 2. The molecule has 148 valence electrons. The van der Waals surface area contributed by atoms with Crippen molar-refractivity contribution in [2.24, 2.45) is 0 Å². The minimum Gasteiger partial charge on any atom is -0.381 e. The number of benzene rings is 1. The van der Waals surface area contributed by atoms with E-state index < -0.39 is 6.23 Å². The molecular weight excluding hydrogens is 376 g/mol. The first-order valence-electron chi connectivity index (χ1n) is 9.48. The summed E-state index contributed by atoms with van der Waals surface area (Å²) in [5.74, 6) is 0. The number of pyridine rings is 1. The van der Waals surface area contributed by atoms with Crippen LogP contribution < -0.4 is 4.90 Å². The lowest BCUT2D eigenvalue weighted by Crippen LogP contribution is -2.51. The number of anilines is 1. The summed E-state index contributed by atoms with van der Waals surface area (Å²) in [7, 11) is 1.61. The molecule has 1 aliphatic heterocycles. The van der Waals surface area contributed by atoms with Gasteiger partial charge in [0, 0.05) is 56.4 Å². The molecule has 3 aromatic rings. The Bertz CT molecular complexity index is 966. The van der Waals surface area contributed by atoms with Crippen LogP contribution in [0.2, 0.25) is 5.02 Å². The van der Waals surface area contributed by atoms with Gasteiger partial charge in [-0.15, -0.1) is 0 Å². The number of nitrogens with zero attached hydrogens (tertiary/aromatic N) is 4. The van der Waals surface area contributed by atoms with E-state index in [9.17, 15) is 5.11 Å². The molecule has 4 rings (SSSR count). The van der Waals surface area contributed by atoms with Crippen molar-refractivity contribution in [2.45, 2.75) is 13.2 Å². The van der Waals surface area contributed by atoms with E-state index in [4.69, 9.17) is 21.3 Å². The van der Waals surface area contributed by atoms with Gasteiger partial charge < -0.3 is 19.1 Å². The Morgan fingerprint density at radius 2 is 1.96 bits per heavy atom. The van der Waals surface area contributed by atoms with Gasteiger partial charge in [-0.25, -0.2) is 4.98 Å². The molecule has 0 amide bonds. The zero-order chi connectivity index (χ0) is 19.7. The fourth-order valence-corrected chi connectivity index (χ4v) is 4.00. The molecule has 0 bridgehead atoms. The Balaban J connectivity index is 1.59. The van der Waals surface area contributed by atoms with Gasteiger partial charge in [-0.1, -0.05) is 17.7 Å². The number of piperazine rings is 1. The van der Waals surface area contributed by atoms with Crippen LogP contribution in [0, 0.1) is 6.92 Å². The number of fused-ring (bicyclic) bond motifs is 1. The van der Waals surface area contributed by atoms with Gasteiger partial charge >= 0.3 is 0 Å². The van der Waals surface area contributed by atoms with Crippen LogP contribution in [-0.2, 0) is 4.74 Å². The summed E-state index contributed by atoms with van der Waals surface area (Å²) >= 11 is 6.55. The molecule has 1 N–H and O–H groups in total. The number of methoxy groups -OCH3 is 1. The minimum absolute atomic E-state index is 0.332. The third-order valence-corrected chi connectivity index (χ3v) is 5.72. The van der Waals surface area contributed by atoms with Crippen LogP contribution in [0.4, 0.5) is 5.69 Å². The maximum Gasteiger partial charge on any atom is 0.137 e. The number of hydrogen-bond donors (Lipinski definition) is 1. The lowest BCUT2D eigenvalue weighted by molar-refractivity contribution is -0.0488. The lowest BCUT2D eigenvalue weighted by Gasteiger charge is -2.38. The van der Waals surface area contributed by atoms with Gasteiger partial charge in [-0.3, -0.25) is 4.90 Å². The van der Waals surface area contributed by atoms with Crippen LogP contribution in [0.25, 0.3) is 16.9 Å². The largest absolute Gasteiger partial charge is 0.381 e. The molecule has 2 aromatic heterocycles. The topological polar surface area (TPSA) is 53.2 Å². The van der Waals surface area contributed by atoms with Gasteiger partial charge in [-0.05, 0) is 37.3 Å². The molecule has 0 radical (unpaired) electrons. The molecule has 28 heavy (non-hydrogen) atoms. The molecule has 1 aliphatic rings. The van der Waals surface area contributed by atoms with E-state index in [1.165, 1.54) is 0 Å².